The highest BCUT2D eigenvalue weighted by Crippen LogP contribution is 2.23. The van der Waals surface area contributed by atoms with Crippen LogP contribution in [0, 0.1) is 6.92 Å². The molecule has 1 N–H and O–H groups in total. The molecule has 1 aromatic heterocycles. The van der Waals surface area contributed by atoms with Crippen LogP contribution < -0.4 is 5.32 Å². The first-order chi connectivity index (χ1) is 8.97. The minimum Gasteiger partial charge on any atom is -0.343 e. The molecule has 1 amide bonds. The van der Waals surface area contributed by atoms with Gasteiger partial charge in [-0.15, -0.1) is 24.0 Å². The van der Waals surface area contributed by atoms with E-state index in [0.29, 0.717) is 5.56 Å². The molecule has 2 aromatic rings. The molecule has 3 nitrogen and oxygen atoms in total. The maximum absolute atomic E-state index is 12.2. The normalized spacial score (nSPS) is 12.2. The molecule has 0 aliphatic heterocycles. The van der Waals surface area contributed by atoms with Gasteiger partial charge in [0.2, 0.25) is 0 Å². The highest BCUT2D eigenvalue weighted by atomic mass is 79.9. The van der Waals surface area contributed by atoms with Crippen LogP contribution in [0.3, 0.4) is 0 Å². The highest BCUT2D eigenvalue weighted by molar-refractivity contribution is 9.10. The van der Waals surface area contributed by atoms with Crippen LogP contribution >= 0.6 is 39.9 Å². The van der Waals surface area contributed by atoms with Crippen molar-refractivity contribution in [1.82, 2.24) is 10.3 Å². The van der Waals surface area contributed by atoms with Gasteiger partial charge in [-0.1, -0.05) is 0 Å². The molecule has 1 aromatic carbocycles. The summed E-state index contributed by atoms with van der Waals surface area (Å²) in [5.74, 6) is -0.136. The summed E-state index contributed by atoms with van der Waals surface area (Å²) in [4.78, 5) is 18.4. The number of hydrogen-bond donors (Lipinski definition) is 2. The number of nitrogens with one attached hydrogen (secondary N) is 1. The number of benzene rings is 1. The van der Waals surface area contributed by atoms with E-state index < -0.39 is 0 Å². The lowest BCUT2D eigenvalue weighted by Gasteiger charge is -2.12. The van der Waals surface area contributed by atoms with E-state index in [-0.39, 0.29) is 11.9 Å². The maximum Gasteiger partial charge on any atom is 0.253 e. The minimum absolute atomic E-state index is 0.110. The molecule has 0 bridgehead atoms. The first-order valence-corrected chi connectivity index (χ1v) is 7.74. The van der Waals surface area contributed by atoms with Crippen molar-refractivity contribution in [1.29, 1.82) is 0 Å². The lowest BCUT2D eigenvalue weighted by molar-refractivity contribution is 0.0939. The van der Waals surface area contributed by atoms with Crippen LogP contribution in [0.5, 0.6) is 0 Å². The molecule has 1 atom stereocenters. The van der Waals surface area contributed by atoms with Crippen molar-refractivity contribution in [3.05, 3.63) is 44.3 Å². The number of carbonyl (C=O) groups is 1. The third-order valence-electron chi connectivity index (χ3n) is 2.55. The second kappa shape index (κ2) is 6.07. The van der Waals surface area contributed by atoms with Gasteiger partial charge in [0.1, 0.15) is 5.01 Å². The largest absolute Gasteiger partial charge is 0.343 e. The Balaban J connectivity index is 2.15. The molecule has 1 heterocycles. The number of aryl methyl sites for hydroxylation is 1. The summed E-state index contributed by atoms with van der Waals surface area (Å²) in [6, 6.07) is 5.27. The Labute approximate surface area is 130 Å². The van der Waals surface area contributed by atoms with Crippen molar-refractivity contribution in [2.75, 3.05) is 0 Å². The SMILES string of the molecule is Cc1cnc(C(C)NC(=O)c2cc(S)ccc2Br)s1. The fourth-order valence-electron chi connectivity index (χ4n) is 1.60. The number of carbonyl (C=O) groups excluding carboxylic acids is 1. The van der Waals surface area contributed by atoms with Gasteiger partial charge in [0.05, 0.1) is 11.6 Å². The van der Waals surface area contributed by atoms with Crippen molar-refractivity contribution < 1.29 is 4.79 Å². The molecular weight excluding hydrogens is 344 g/mol. The Hall–Kier alpha value is -0.850. The van der Waals surface area contributed by atoms with E-state index in [0.717, 1.165) is 19.3 Å². The molecule has 0 spiro atoms. The number of aromatic nitrogens is 1. The molecule has 0 radical (unpaired) electrons. The minimum atomic E-state index is -0.136. The van der Waals surface area contributed by atoms with E-state index in [4.69, 9.17) is 0 Å². The van der Waals surface area contributed by atoms with Gasteiger partial charge in [0.25, 0.3) is 5.91 Å². The fourth-order valence-corrected chi connectivity index (χ4v) is 3.00. The Morgan fingerprint density at radius 3 is 2.89 bits per heavy atom. The van der Waals surface area contributed by atoms with Crippen molar-refractivity contribution >= 4 is 45.8 Å². The number of thiazole rings is 1. The molecule has 19 heavy (non-hydrogen) atoms. The van der Waals surface area contributed by atoms with E-state index >= 15 is 0 Å². The quantitative estimate of drug-likeness (QED) is 0.816. The van der Waals surface area contributed by atoms with Gasteiger partial charge in [0, 0.05) is 20.4 Å². The van der Waals surface area contributed by atoms with Crippen LogP contribution in [0.15, 0.2) is 33.8 Å². The molecular formula is C13H13BrN2OS2. The summed E-state index contributed by atoms with van der Waals surface area (Å²) in [5, 5.41) is 3.85. The summed E-state index contributed by atoms with van der Waals surface area (Å²) in [6.45, 7) is 3.92. The fraction of sp³-hybridized carbons (Fsp3) is 0.231. The van der Waals surface area contributed by atoms with Crippen LogP contribution in [0.4, 0.5) is 0 Å². The second-order valence-electron chi connectivity index (χ2n) is 4.17. The van der Waals surface area contributed by atoms with Gasteiger partial charge >= 0.3 is 0 Å². The number of thiol groups is 1. The van der Waals surface area contributed by atoms with E-state index in [9.17, 15) is 4.79 Å². The standard InChI is InChI=1S/C13H13BrN2OS2/c1-7-6-15-13(19-7)8(2)16-12(17)10-5-9(18)3-4-11(10)14/h3-6,8,18H,1-2H3,(H,16,17). The summed E-state index contributed by atoms with van der Waals surface area (Å²) >= 11 is 9.21. The van der Waals surface area contributed by atoms with Crippen LogP contribution in [0.25, 0.3) is 0 Å². The van der Waals surface area contributed by atoms with Gasteiger partial charge in [-0.2, -0.15) is 0 Å². The number of rotatable bonds is 3. The number of amides is 1. The van der Waals surface area contributed by atoms with Crippen LogP contribution in [-0.4, -0.2) is 10.9 Å². The molecule has 1 unspecified atom stereocenters. The molecule has 0 fully saturated rings. The Morgan fingerprint density at radius 1 is 1.53 bits per heavy atom. The highest BCUT2D eigenvalue weighted by Gasteiger charge is 2.16. The van der Waals surface area contributed by atoms with E-state index in [1.165, 1.54) is 0 Å². The van der Waals surface area contributed by atoms with Gasteiger partial charge in [-0.05, 0) is 48.0 Å². The predicted molar refractivity (Wildman–Crippen MR) is 84.1 cm³/mol. The number of nitrogens with zero attached hydrogens (tertiary/aromatic N) is 1. The average molecular weight is 357 g/mol. The zero-order valence-electron chi connectivity index (χ0n) is 10.5. The first-order valence-electron chi connectivity index (χ1n) is 5.69. The predicted octanol–water partition coefficient (Wildman–Crippen LogP) is 3.99. The Bertz CT molecular complexity index is 612. The van der Waals surface area contributed by atoms with Crippen molar-refractivity contribution in [2.45, 2.75) is 24.8 Å². The van der Waals surface area contributed by atoms with Crippen LogP contribution in [0.2, 0.25) is 0 Å². The van der Waals surface area contributed by atoms with Crippen LogP contribution in [-0.2, 0) is 0 Å². The third-order valence-corrected chi connectivity index (χ3v) is 4.62. The summed E-state index contributed by atoms with van der Waals surface area (Å²) in [7, 11) is 0. The van der Waals surface area contributed by atoms with E-state index in [2.05, 4.69) is 38.9 Å². The maximum atomic E-state index is 12.2. The zero-order valence-corrected chi connectivity index (χ0v) is 13.8. The van der Waals surface area contributed by atoms with E-state index in [1.54, 1.807) is 17.4 Å². The first kappa shape index (κ1) is 14.6. The number of hydrogen-bond acceptors (Lipinski definition) is 4. The van der Waals surface area contributed by atoms with E-state index in [1.807, 2.05) is 32.2 Å². The van der Waals surface area contributed by atoms with Gasteiger partial charge in [-0.3, -0.25) is 4.79 Å². The Morgan fingerprint density at radius 2 is 2.26 bits per heavy atom. The monoisotopic (exact) mass is 356 g/mol. The Kier molecular flexibility index (Phi) is 4.65. The smallest absolute Gasteiger partial charge is 0.253 e. The summed E-state index contributed by atoms with van der Waals surface area (Å²) in [5.41, 5.74) is 0.577. The van der Waals surface area contributed by atoms with Crippen molar-refractivity contribution in [3.63, 3.8) is 0 Å². The topological polar surface area (TPSA) is 42.0 Å². The average Bonchev–Trinajstić information content (AvgIpc) is 2.79. The number of halogens is 1. The molecule has 6 heteroatoms. The lowest BCUT2D eigenvalue weighted by atomic mass is 10.2. The van der Waals surface area contributed by atoms with Gasteiger partial charge in [-0.25, -0.2) is 4.98 Å². The summed E-state index contributed by atoms with van der Waals surface area (Å²) < 4.78 is 0.755. The molecule has 2 rings (SSSR count). The lowest BCUT2D eigenvalue weighted by Crippen LogP contribution is -2.26. The van der Waals surface area contributed by atoms with Gasteiger partial charge < -0.3 is 5.32 Å². The van der Waals surface area contributed by atoms with Crippen molar-refractivity contribution in [3.8, 4) is 0 Å². The summed E-state index contributed by atoms with van der Waals surface area (Å²) in [6.07, 6.45) is 1.81. The van der Waals surface area contributed by atoms with Crippen molar-refractivity contribution in [2.24, 2.45) is 0 Å². The second-order valence-corrected chi connectivity index (χ2v) is 6.81. The third kappa shape index (κ3) is 3.58. The molecule has 0 aliphatic carbocycles. The zero-order chi connectivity index (χ0) is 14.0. The van der Waals surface area contributed by atoms with Gasteiger partial charge in [0.15, 0.2) is 0 Å². The molecule has 100 valence electrons. The molecule has 0 saturated carbocycles. The van der Waals surface area contributed by atoms with Crippen LogP contribution in [0.1, 0.15) is 33.2 Å². The molecule has 0 aliphatic rings. The molecule has 0 saturated heterocycles.